The highest BCUT2D eigenvalue weighted by atomic mass is 79.9. The first-order valence-corrected chi connectivity index (χ1v) is 6.60. The zero-order valence-corrected chi connectivity index (χ0v) is 12.1. The third kappa shape index (κ3) is 3.75. The molecule has 110 valence electrons. The van der Waals surface area contributed by atoms with E-state index in [-0.39, 0.29) is 5.69 Å². The number of hydrogen-bond donors (Lipinski definition) is 2. The van der Waals surface area contributed by atoms with Crippen molar-refractivity contribution >= 4 is 33.2 Å². The van der Waals surface area contributed by atoms with Crippen LogP contribution in [0.15, 0.2) is 46.9 Å². The van der Waals surface area contributed by atoms with Crippen molar-refractivity contribution in [1.29, 1.82) is 0 Å². The van der Waals surface area contributed by atoms with Gasteiger partial charge in [0.25, 0.3) is 5.91 Å². The van der Waals surface area contributed by atoms with Crippen LogP contribution in [0.4, 0.5) is 24.5 Å². The van der Waals surface area contributed by atoms with Gasteiger partial charge < -0.3 is 11.1 Å². The van der Waals surface area contributed by atoms with E-state index in [1.165, 1.54) is 30.3 Å². The first-order valence-electron chi connectivity index (χ1n) is 5.81. The number of nitrogen functional groups attached to an aromatic ring is 1. The highest BCUT2D eigenvalue weighted by molar-refractivity contribution is 9.10. The molecule has 0 aliphatic heterocycles. The molecule has 2 aromatic carbocycles. The molecule has 0 unspecified atom stereocenters. The Morgan fingerprint density at radius 1 is 1.10 bits per heavy atom. The first-order chi connectivity index (χ1) is 9.77. The van der Waals surface area contributed by atoms with Gasteiger partial charge in [0, 0.05) is 15.7 Å². The number of alkyl halides is 3. The maximum absolute atomic E-state index is 12.7. The summed E-state index contributed by atoms with van der Waals surface area (Å²) in [6.45, 7) is 0. The van der Waals surface area contributed by atoms with Crippen LogP contribution in [0.1, 0.15) is 15.9 Å². The topological polar surface area (TPSA) is 55.1 Å². The van der Waals surface area contributed by atoms with Crippen LogP contribution in [0.25, 0.3) is 0 Å². The molecule has 0 aliphatic carbocycles. The van der Waals surface area contributed by atoms with Crippen LogP contribution in [-0.4, -0.2) is 5.91 Å². The second kappa shape index (κ2) is 5.77. The molecular formula is C14H10BrF3N2O. The molecule has 0 spiro atoms. The molecule has 3 N–H and O–H groups in total. The number of carbonyl (C=O) groups is 1. The van der Waals surface area contributed by atoms with E-state index >= 15 is 0 Å². The number of benzene rings is 2. The van der Waals surface area contributed by atoms with E-state index < -0.39 is 17.6 Å². The minimum Gasteiger partial charge on any atom is -0.399 e. The first kappa shape index (κ1) is 15.4. The lowest BCUT2D eigenvalue weighted by atomic mass is 10.1. The zero-order valence-electron chi connectivity index (χ0n) is 10.5. The van der Waals surface area contributed by atoms with E-state index in [9.17, 15) is 18.0 Å². The number of amides is 1. The lowest BCUT2D eigenvalue weighted by molar-refractivity contribution is -0.137. The van der Waals surface area contributed by atoms with Gasteiger partial charge in [-0.2, -0.15) is 13.2 Å². The number of hydrogen-bond acceptors (Lipinski definition) is 2. The molecule has 21 heavy (non-hydrogen) atoms. The van der Waals surface area contributed by atoms with Crippen LogP contribution in [0.3, 0.4) is 0 Å². The largest absolute Gasteiger partial charge is 0.416 e. The summed E-state index contributed by atoms with van der Waals surface area (Å²) < 4.78 is 38.3. The van der Waals surface area contributed by atoms with E-state index in [2.05, 4.69) is 21.2 Å². The Balaban J connectivity index is 2.26. The van der Waals surface area contributed by atoms with Gasteiger partial charge in [-0.3, -0.25) is 4.79 Å². The summed E-state index contributed by atoms with van der Waals surface area (Å²) in [6, 6.07) is 9.11. The van der Waals surface area contributed by atoms with Gasteiger partial charge in [-0.1, -0.05) is 0 Å². The predicted molar refractivity (Wildman–Crippen MR) is 78.0 cm³/mol. The van der Waals surface area contributed by atoms with Crippen molar-refractivity contribution in [3.63, 3.8) is 0 Å². The Morgan fingerprint density at radius 2 is 1.71 bits per heavy atom. The molecule has 2 rings (SSSR count). The van der Waals surface area contributed by atoms with Crippen LogP contribution in [-0.2, 0) is 6.18 Å². The highest BCUT2D eigenvalue weighted by Crippen LogP contribution is 2.34. The molecule has 0 saturated heterocycles. The second-order valence-corrected chi connectivity index (χ2v) is 5.12. The summed E-state index contributed by atoms with van der Waals surface area (Å²) in [5, 5.41) is 2.43. The van der Waals surface area contributed by atoms with Gasteiger partial charge in [0.15, 0.2) is 0 Å². The van der Waals surface area contributed by atoms with Crippen molar-refractivity contribution in [2.75, 3.05) is 11.1 Å². The van der Waals surface area contributed by atoms with E-state index in [4.69, 9.17) is 5.73 Å². The molecule has 0 bridgehead atoms. The SMILES string of the molecule is Nc1ccc(C(=O)Nc2cc(C(F)(F)F)ccc2Br)cc1. The summed E-state index contributed by atoms with van der Waals surface area (Å²) in [5.41, 5.74) is 5.51. The lowest BCUT2D eigenvalue weighted by Gasteiger charge is -2.12. The number of nitrogens with two attached hydrogens (primary N) is 1. The minimum atomic E-state index is -4.47. The Kier molecular flexibility index (Phi) is 4.22. The fourth-order valence-electron chi connectivity index (χ4n) is 1.63. The van der Waals surface area contributed by atoms with Crippen LogP contribution in [0.2, 0.25) is 0 Å². The normalized spacial score (nSPS) is 11.2. The average molecular weight is 359 g/mol. The summed E-state index contributed by atoms with van der Waals surface area (Å²) in [6.07, 6.45) is -4.47. The Labute approximate surface area is 127 Å². The summed E-state index contributed by atoms with van der Waals surface area (Å²) in [5.74, 6) is -0.518. The lowest BCUT2D eigenvalue weighted by Crippen LogP contribution is -2.13. The van der Waals surface area contributed by atoms with Crippen molar-refractivity contribution in [2.45, 2.75) is 6.18 Å². The van der Waals surface area contributed by atoms with Crippen molar-refractivity contribution < 1.29 is 18.0 Å². The smallest absolute Gasteiger partial charge is 0.399 e. The van der Waals surface area contributed by atoms with Gasteiger partial charge in [0.2, 0.25) is 0 Å². The molecule has 0 fully saturated rings. The third-order valence-electron chi connectivity index (χ3n) is 2.71. The van der Waals surface area contributed by atoms with E-state index in [0.717, 1.165) is 12.1 Å². The number of anilines is 2. The van der Waals surface area contributed by atoms with E-state index in [1.54, 1.807) is 0 Å². The molecule has 0 atom stereocenters. The summed E-state index contributed by atoms with van der Waals surface area (Å²) in [4.78, 5) is 12.0. The molecule has 7 heteroatoms. The van der Waals surface area contributed by atoms with Gasteiger partial charge in [0.1, 0.15) is 0 Å². The molecule has 2 aromatic rings. The maximum Gasteiger partial charge on any atom is 0.416 e. The van der Waals surface area contributed by atoms with E-state index in [1.807, 2.05) is 0 Å². The molecule has 0 aliphatic rings. The highest BCUT2D eigenvalue weighted by Gasteiger charge is 2.31. The number of halogens is 4. The molecule has 0 heterocycles. The monoisotopic (exact) mass is 358 g/mol. The average Bonchev–Trinajstić information content (AvgIpc) is 2.40. The van der Waals surface area contributed by atoms with Crippen molar-refractivity contribution in [3.8, 4) is 0 Å². The zero-order chi connectivity index (χ0) is 15.6. The Hall–Kier alpha value is -2.02. The fraction of sp³-hybridized carbons (Fsp3) is 0.0714. The van der Waals surface area contributed by atoms with E-state index in [0.29, 0.717) is 15.7 Å². The standard InChI is InChI=1S/C14H10BrF3N2O/c15-11-6-3-9(14(16,17)18)7-12(11)20-13(21)8-1-4-10(19)5-2-8/h1-7H,19H2,(H,20,21). The fourth-order valence-corrected chi connectivity index (χ4v) is 1.97. The van der Waals surface area contributed by atoms with Crippen molar-refractivity contribution in [1.82, 2.24) is 0 Å². The quantitative estimate of drug-likeness (QED) is 0.786. The van der Waals surface area contributed by atoms with Gasteiger partial charge in [-0.05, 0) is 58.4 Å². The maximum atomic E-state index is 12.7. The van der Waals surface area contributed by atoms with Crippen molar-refractivity contribution in [3.05, 3.63) is 58.1 Å². The molecular weight excluding hydrogens is 349 g/mol. The van der Waals surface area contributed by atoms with Gasteiger partial charge >= 0.3 is 6.18 Å². The van der Waals surface area contributed by atoms with Crippen LogP contribution in [0.5, 0.6) is 0 Å². The minimum absolute atomic E-state index is 0.0478. The van der Waals surface area contributed by atoms with Gasteiger partial charge in [-0.25, -0.2) is 0 Å². The summed E-state index contributed by atoms with van der Waals surface area (Å²) >= 11 is 3.11. The van der Waals surface area contributed by atoms with Crippen molar-refractivity contribution in [2.24, 2.45) is 0 Å². The number of rotatable bonds is 2. The number of nitrogens with one attached hydrogen (secondary N) is 1. The van der Waals surface area contributed by atoms with Gasteiger partial charge in [-0.15, -0.1) is 0 Å². The molecule has 3 nitrogen and oxygen atoms in total. The Morgan fingerprint density at radius 3 is 2.29 bits per heavy atom. The predicted octanol–water partition coefficient (Wildman–Crippen LogP) is 4.30. The molecule has 1 amide bonds. The molecule has 0 radical (unpaired) electrons. The summed E-state index contributed by atoms with van der Waals surface area (Å²) in [7, 11) is 0. The van der Waals surface area contributed by atoms with Gasteiger partial charge in [0.05, 0.1) is 11.3 Å². The van der Waals surface area contributed by atoms with Crippen LogP contribution >= 0.6 is 15.9 Å². The molecule has 0 aromatic heterocycles. The number of carbonyl (C=O) groups excluding carboxylic acids is 1. The molecule has 0 saturated carbocycles. The van der Waals surface area contributed by atoms with Crippen LogP contribution < -0.4 is 11.1 Å². The Bertz CT molecular complexity index is 669. The van der Waals surface area contributed by atoms with Crippen LogP contribution in [0, 0.1) is 0 Å². The third-order valence-corrected chi connectivity index (χ3v) is 3.41. The second-order valence-electron chi connectivity index (χ2n) is 4.27.